The van der Waals surface area contributed by atoms with E-state index in [0.29, 0.717) is 11.1 Å². The lowest BCUT2D eigenvalue weighted by Gasteiger charge is -2.34. The van der Waals surface area contributed by atoms with Gasteiger partial charge in [-0.2, -0.15) is 0 Å². The third-order valence-electron chi connectivity index (χ3n) is 6.41. The Morgan fingerprint density at radius 2 is 1.92 bits per heavy atom. The van der Waals surface area contributed by atoms with Gasteiger partial charge in [0.05, 0.1) is 17.6 Å². The summed E-state index contributed by atoms with van der Waals surface area (Å²) in [5, 5.41) is 12.3. The molecule has 9 nitrogen and oxygen atoms in total. The number of methoxy groups -OCH3 is 1. The summed E-state index contributed by atoms with van der Waals surface area (Å²) in [5.74, 6) is -0.513. The molecule has 1 N–H and O–H groups in total. The summed E-state index contributed by atoms with van der Waals surface area (Å²) < 4.78 is 6.88. The van der Waals surface area contributed by atoms with Gasteiger partial charge in [0, 0.05) is 30.8 Å². The van der Waals surface area contributed by atoms with E-state index in [1.165, 1.54) is 0 Å². The molecule has 4 rings (SSSR count). The second-order valence-corrected chi connectivity index (χ2v) is 9.40. The zero-order valence-corrected chi connectivity index (χ0v) is 21.1. The van der Waals surface area contributed by atoms with Gasteiger partial charge in [0.25, 0.3) is 0 Å². The number of pyridine rings is 1. The van der Waals surface area contributed by atoms with Crippen molar-refractivity contribution in [2.45, 2.75) is 45.3 Å². The maximum absolute atomic E-state index is 13.8. The number of nitrogens with one attached hydrogen (secondary N) is 1. The van der Waals surface area contributed by atoms with Crippen molar-refractivity contribution in [2.75, 3.05) is 20.3 Å². The minimum Gasteiger partial charge on any atom is -0.383 e. The maximum atomic E-state index is 13.8. The van der Waals surface area contributed by atoms with Gasteiger partial charge in [0.1, 0.15) is 18.1 Å². The predicted octanol–water partition coefficient (Wildman–Crippen LogP) is 3.50. The average molecular weight is 489 g/mol. The molecular weight excluding hydrogens is 456 g/mol. The second-order valence-electron chi connectivity index (χ2n) is 9.40. The molecule has 0 radical (unpaired) electrons. The van der Waals surface area contributed by atoms with E-state index in [1.54, 1.807) is 22.9 Å². The van der Waals surface area contributed by atoms with Crippen molar-refractivity contribution < 1.29 is 14.3 Å². The van der Waals surface area contributed by atoms with E-state index in [0.717, 1.165) is 22.8 Å². The first-order valence-corrected chi connectivity index (χ1v) is 12.1. The van der Waals surface area contributed by atoms with Crippen LogP contribution < -0.4 is 5.32 Å². The molecule has 0 spiro atoms. The maximum Gasteiger partial charge on any atom is 0.247 e. The predicted molar refractivity (Wildman–Crippen MR) is 138 cm³/mol. The van der Waals surface area contributed by atoms with Crippen LogP contribution in [0.15, 0.2) is 60.8 Å². The molecule has 2 amide bonds. The van der Waals surface area contributed by atoms with Gasteiger partial charge in [-0.05, 0) is 56.2 Å². The Hall–Kier alpha value is -3.85. The van der Waals surface area contributed by atoms with Gasteiger partial charge in [-0.1, -0.05) is 36.4 Å². The van der Waals surface area contributed by atoms with Crippen molar-refractivity contribution in [2.24, 2.45) is 0 Å². The van der Waals surface area contributed by atoms with Crippen molar-refractivity contribution in [1.82, 2.24) is 30.2 Å². The van der Waals surface area contributed by atoms with E-state index in [-0.39, 0.29) is 31.5 Å². The Labute approximate surface area is 210 Å². The van der Waals surface area contributed by atoms with Crippen LogP contribution in [0.4, 0.5) is 0 Å². The fraction of sp³-hybridized carbons (Fsp3) is 0.370. The zero-order valence-electron chi connectivity index (χ0n) is 21.1. The van der Waals surface area contributed by atoms with E-state index >= 15 is 0 Å². The number of hydrogen-bond donors (Lipinski definition) is 1. The molecule has 0 fully saturated rings. The fourth-order valence-corrected chi connectivity index (χ4v) is 4.07. The third-order valence-corrected chi connectivity index (χ3v) is 6.41. The highest BCUT2D eigenvalue weighted by atomic mass is 16.5. The van der Waals surface area contributed by atoms with Crippen LogP contribution >= 0.6 is 0 Å². The molecule has 2 heterocycles. The minimum absolute atomic E-state index is 0.0552. The molecule has 2 aromatic heterocycles. The van der Waals surface area contributed by atoms with Crippen molar-refractivity contribution >= 4 is 33.8 Å². The van der Waals surface area contributed by atoms with E-state index in [4.69, 9.17) is 4.74 Å². The molecule has 0 aliphatic rings. The largest absolute Gasteiger partial charge is 0.383 e. The summed E-state index contributed by atoms with van der Waals surface area (Å²) in [7, 11) is 1.57. The molecule has 4 aromatic rings. The first kappa shape index (κ1) is 25.2. The highest BCUT2D eigenvalue weighted by Gasteiger charge is 2.34. The number of nitrogens with zero attached hydrogens (tertiary/aromatic N) is 5. The van der Waals surface area contributed by atoms with Crippen molar-refractivity contribution in [1.29, 1.82) is 0 Å². The molecule has 9 heteroatoms. The van der Waals surface area contributed by atoms with Gasteiger partial charge < -0.3 is 15.0 Å². The highest BCUT2D eigenvalue weighted by molar-refractivity contribution is 5.91. The van der Waals surface area contributed by atoms with Crippen molar-refractivity contribution in [3.05, 3.63) is 66.4 Å². The summed E-state index contributed by atoms with van der Waals surface area (Å²) in [6.45, 7) is 6.41. The standard InChI is InChI=1S/C27H32N6O3/c1-5-27(2,3)29-26(35)25(20-12-13-21-19(17-20)9-8-14-28-21)32(15-16-36-4)24(34)18-33-23-11-7-6-10-22(23)30-31-33/h6-14,17,25H,5,15-16,18H2,1-4H3,(H,29,35)/t25-/m1/s1. The topological polar surface area (TPSA) is 102 Å². The van der Waals surface area contributed by atoms with Crippen LogP contribution in [0.5, 0.6) is 0 Å². The van der Waals surface area contributed by atoms with Crippen LogP contribution in [0.3, 0.4) is 0 Å². The smallest absolute Gasteiger partial charge is 0.247 e. The summed E-state index contributed by atoms with van der Waals surface area (Å²) in [6.07, 6.45) is 2.47. The molecule has 2 aromatic carbocycles. The highest BCUT2D eigenvalue weighted by Crippen LogP contribution is 2.26. The van der Waals surface area contributed by atoms with Crippen LogP contribution in [0.2, 0.25) is 0 Å². The van der Waals surface area contributed by atoms with Gasteiger partial charge in [-0.3, -0.25) is 14.6 Å². The number of amides is 2. The van der Waals surface area contributed by atoms with Gasteiger partial charge in [0.2, 0.25) is 11.8 Å². The molecule has 0 unspecified atom stereocenters. The van der Waals surface area contributed by atoms with Gasteiger partial charge in [-0.15, -0.1) is 5.10 Å². The van der Waals surface area contributed by atoms with Crippen LogP contribution in [0, 0.1) is 0 Å². The number of hydrogen-bond acceptors (Lipinski definition) is 6. The summed E-state index contributed by atoms with van der Waals surface area (Å²) in [4.78, 5) is 33.5. The number of ether oxygens (including phenoxy) is 1. The molecule has 0 saturated carbocycles. The molecule has 0 aliphatic heterocycles. The van der Waals surface area contributed by atoms with Gasteiger partial charge in [-0.25, -0.2) is 4.68 Å². The lowest BCUT2D eigenvalue weighted by atomic mass is 9.97. The normalized spacial score (nSPS) is 12.6. The number of carbonyl (C=O) groups excluding carboxylic acids is 2. The molecule has 0 bridgehead atoms. The first-order chi connectivity index (χ1) is 17.3. The van der Waals surface area contributed by atoms with E-state index < -0.39 is 11.6 Å². The molecule has 1 atom stereocenters. The Bertz CT molecular complexity index is 1370. The number of fused-ring (bicyclic) bond motifs is 2. The summed E-state index contributed by atoms with van der Waals surface area (Å²) >= 11 is 0. The van der Waals surface area contributed by atoms with E-state index in [9.17, 15) is 9.59 Å². The Balaban J connectivity index is 1.74. The van der Waals surface area contributed by atoms with E-state index in [1.807, 2.05) is 75.4 Å². The summed E-state index contributed by atoms with van der Waals surface area (Å²) in [6, 6.07) is 16.0. The second kappa shape index (κ2) is 10.8. The number of aromatic nitrogens is 4. The molecular formula is C27H32N6O3. The average Bonchev–Trinajstić information content (AvgIpc) is 3.28. The van der Waals surface area contributed by atoms with Gasteiger partial charge >= 0.3 is 0 Å². The number of rotatable bonds is 10. The molecule has 188 valence electrons. The lowest BCUT2D eigenvalue weighted by Crippen LogP contribution is -2.51. The van der Waals surface area contributed by atoms with Crippen LogP contribution in [-0.4, -0.2) is 62.5 Å². The van der Waals surface area contributed by atoms with Crippen LogP contribution in [0.25, 0.3) is 21.9 Å². The van der Waals surface area contributed by atoms with Crippen molar-refractivity contribution in [3.8, 4) is 0 Å². The van der Waals surface area contributed by atoms with Gasteiger partial charge in [0.15, 0.2) is 0 Å². The van der Waals surface area contributed by atoms with Crippen LogP contribution in [-0.2, 0) is 20.9 Å². The van der Waals surface area contributed by atoms with Crippen molar-refractivity contribution in [3.63, 3.8) is 0 Å². The Morgan fingerprint density at radius 3 is 2.69 bits per heavy atom. The monoisotopic (exact) mass is 488 g/mol. The quantitative estimate of drug-likeness (QED) is 0.367. The zero-order chi connectivity index (χ0) is 25.7. The first-order valence-electron chi connectivity index (χ1n) is 12.1. The third kappa shape index (κ3) is 5.52. The SMILES string of the molecule is CCC(C)(C)NC(=O)[C@@H](c1ccc2ncccc2c1)N(CCOC)C(=O)Cn1nnc2ccccc21. The molecule has 0 aliphatic carbocycles. The van der Waals surface area contributed by atoms with E-state index in [2.05, 4.69) is 20.6 Å². The summed E-state index contributed by atoms with van der Waals surface area (Å²) in [5.41, 5.74) is 2.54. The fourth-order valence-electron chi connectivity index (χ4n) is 4.07. The lowest BCUT2D eigenvalue weighted by molar-refractivity contribution is -0.142. The Morgan fingerprint density at radius 1 is 1.11 bits per heavy atom. The Kier molecular flexibility index (Phi) is 7.59. The number of benzene rings is 2. The number of para-hydroxylation sites is 1. The minimum atomic E-state index is -0.863. The van der Waals surface area contributed by atoms with Crippen LogP contribution in [0.1, 0.15) is 38.8 Å². The molecule has 0 saturated heterocycles. The molecule has 36 heavy (non-hydrogen) atoms. The number of carbonyl (C=O) groups is 2.